The molecular weight excluding hydrogens is 592 g/mol. The number of fused-ring (bicyclic) bond motifs is 8. The summed E-state index contributed by atoms with van der Waals surface area (Å²) < 4.78 is 1.92. The number of quaternary nitrogens is 2. The van der Waals surface area contributed by atoms with Crippen molar-refractivity contribution >= 4 is 21.8 Å². The molecule has 0 aliphatic carbocycles. The minimum absolute atomic E-state index is 0.170. The number of aromatic nitrogens is 2. The van der Waals surface area contributed by atoms with Crippen molar-refractivity contribution in [1.29, 1.82) is 0 Å². The molecule has 6 aliphatic rings. The number of piperidine rings is 6. The number of hydrogen-bond acceptors (Lipinski definition) is 4. The Morgan fingerprint density at radius 1 is 0.542 bits per heavy atom. The quantitative estimate of drug-likeness (QED) is 0.176. The highest BCUT2D eigenvalue weighted by Crippen LogP contribution is 2.48. The number of aliphatic hydroxyl groups excluding tert-OH is 2. The number of pyridine rings is 2. The number of aliphatic hydroxyl groups is 2. The maximum atomic E-state index is 12.2. The molecule has 6 fully saturated rings. The van der Waals surface area contributed by atoms with Crippen molar-refractivity contribution in [2.24, 2.45) is 11.8 Å². The topological polar surface area (TPSA) is 66.2 Å². The van der Waals surface area contributed by atoms with Crippen LogP contribution in [-0.2, 0) is 13.1 Å². The van der Waals surface area contributed by atoms with Gasteiger partial charge in [-0.1, -0.05) is 60.7 Å². The molecular formula is C42H48N4O2+2. The molecule has 246 valence electrons. The van der Waals surface area contributed by atoms with E-state index in [0.29, 0.717) is 11.8 Å². The van der Waals surface area contributed by atoms with E-state index in [4.69, 9.17) is 0 Å². The average Bonchev–Trinajstić information content (AvgIpc) is 3.15. The maximum Gasteiger partial charge on any atom is 0.131 e. The minimum atomic E-state index is -0.522. The van der Waals surface area contributed by atoms with Gasteiger partial charge in [-0.25, -0.2) is 0 Å². The van der Waals surface area contributed by atoms with E-state index in [1.807, 2.05) is 36.7 Å². The lowest BCUT2D eigenvalue weighted by molar-refractivity contribution is -0.984. The van der Waals surface area contributed by atoms with E-state index >= 15 is 0 Å². The number of rotatable bonds is 8. The second-order valence-corrected chi connectivity index (χ2v) is 15.6. The van der Waals surface area contributed by atoms with Gasteiger partial charge in [-0.15, -0.1) is 0 Å². The molecule has 0 spiro atoms. The van der Waals surface area contributed by atoms with Gasteiger partial charge in [0.15, 0.2) is 0 Å². The first-order valence-corrected chi connectivity index (χ1v) is 18.3. The molecule has 4 bridgehead atoms. The second-order valence-electron chi connectivity index (χ2n) is 15.6. The molecule has 6 nitrogen and oxygen atoms in total. The summed E-state index contributed by atoms with van der Waals surface area (Å²) in [4.78, 5) is 9.20. The van der Waals surface area contributed by atoms with E-state index in [0.717, 1.165) is 94.0 Å². The zero-order valence-electron chi connectivity index (χ0n) is 27.9. The fraction of sp³-hybridized carbons (Fsp3) is 0.429. The molecule has 0 saturated carbocycles. The van der Waals surface area contributed by atoms with Crippen molar-refractivity contribution in [1.82, 2.24) is 9.97 Å². The molecule has 8 heterocycles. The largest absolute Gasteiger partial charge is 0.382 e. The predicted molar refractivity (Wildman–Crippen MR) is 190 cm³/mol. The average molecular weight is 641 g/mol. The Morgan fingerprint density at radius 3 is 1.38 bits per heavy atom. The van der Waals surface area contributed by atoms with E-state index in [9.17, 15) is 10.2 Å². The van der Waals surface area contributed by atoms with E-state index in [-0.39, 0.29) is 12.1 Å². The van der Waals surface area contributed by atoms with Crippen LogP contribution in [0.2, 0.25) is 0 Å². The van der Waals surface area contributed by atoms with Crippen LogP contribution in [0.3, 0.4) is 0 Å². The van der Waals surface area contributed by atoms with Crippen molar-refractivity contribution in [3.05, 3.63) is 120 Å². The zero-order chi connectivity index (χ0) is 32.3. The summed E-state index contributed by atoms with van der Waals surface area (Å²) in [5, 5.41) is 26.6. The number of benzene rings is 3. The smallest absolute Gasteiger partial charge is 0.131 e. The van der Waals surface area contributed by atoms with Crippen molar-refractivity contribution in [3.8, 4) is 0 Å². The fourth-order valence-electron chi connectivity index (χ4n) is 10.7. The molecule has 5 aromatic rings. The minimum Gasteiger partial charge on any atom is -0.382 e. The first-order chi connectivity index (χ1) is 23.5. The van der Waals surface area contributed by atoms with Crippen molar-refractivity contribution < 1.29 is 19.2 Å². The molecule has 6 heteroatoms. The van der Waals surface area contributed by atoms with Gasteiger partial charge in [0, 0.05) is 47.1 Å². The van der Waals surface area contributed by atoms with Gasteiger partial charge in [-0.3, -0.25) is 9.97 Å². The molecule has 6 aliphatic heterocycles. The number of hydrogen-bond donors (Lipinski definition) is 2. The third kappa shape index (κ3) is 5.08. The summed E-state index contributed by atoms with van der Waals surface area (Å²) in [6, 6.07) is 30.1. The van der Waals surface area contributed by atoms with Gasteiger partial charge in [0.1, 0.15) is 37.4 Å². The lowest BCUT2D eigenvalue weighted by Crippen LogP contribution is -2.66. The summed E-state index contributed by atoms with van der Waals surface area (Å²) in [6.07, 6.45) is 9.84. The first-order valence-electron chi connectivity index (χ1n) is 18.3. The molecule has 2 N–H and O–H groups in total. The van der Waals surface area contributed by atoms with Crippen LogP contribution in [0, 0.1) is 11.8 Å². The zero-order valence-corrected chi connectivity index (χ0v) is 27.9. The molecule has 2 aromatic heterocycles. The van der Waals surface area contributed by atoms with E-state index in [1.165, 1.54) is 36.8 Å². The Bertz CT molecular complexity index is 1790. The molecule has 0 radical (unpaired) electrons. The summed E-state index contributed by atoms with van der Waals surface area (Å²) in [5.74, 6) is 1.40. The molecule has 0 amide bonds. The van der Waals surface area contributed by atoms with Crippen LogP contribution in [-0.4, -0.2) is 67.4 Å². The summed E-state index contributed by atoms with van der Waals surface area (Å²) in [5.41, 5.74) is 6.82. The Labute approximate surface area is 283 Å². The summed E-state index contributed by atoms with van der Waals surface area (Å²) >= 11 is 0. The van der Waals surface area contributed by atoms with Crippen LogP contribution in [0.15, 0.2) is 97.3 Å². The Morgan fingerprint density at radius 2 is 0.938 bits per heavy atom. The standard InChI is InChI=1S/C42H48N4O2/c47-41(35-13-19-43-37-11-5-3-9-33(35)37)39-25-29-15-21-45(39,22-16-29)27-31-7-1-2-8-32(31)28-46-23-17-30(18-24-46)26-40(46)42(48)36-14-20-44-38-12-6-4-10-34(36)38/h1-14,19-20,29-30,39-42,47-48H,15-18,21-28H2/q+2/t29?,30?,39-,40-,41+,42+,45?,46?/m1/s1. The van der Waals surface area contributed by atoms with E-state index < -0.39 is 12.2 Å². The molecule has 0 unspecified atom stereocenters. The second kappa shape index (κ2) is 12.0. The van der Waals surface area contributed by atoms with Gasteiger partial charge in [0.2, 0.25) is 0 Å². The monoisotopic (exact) mass is 640 g/mol. The maximum absolute atomic E-state index is 12.2. The highest BCUT2D eigenvalue weighted by atomic mass is 16.3. The van der Waals surface area contributed by atoms with Gasteiger partial charge in [-0.05, 0) is 72.9 Å². The molecule has 6 saturated heterocycles. The predicted octanol–water partition coefficient (Wildman–Crippen LogP) is 7.25. The van der Waals surface area contributed by atoms with Gasteiger partial charge in [-0.2, -0.15) is 0 Å². The molecule has 3 aromatic carbocycles. The fourth-order valence-corrected chi connectivity index (χ4v) is 10.7. The van der Waals surface area contributed by atoms with Crippen LogP contribution < -0.4 is 0 Å². The van der Waals surface area contributed by atoms with Gasteiger partial charge >= 0.3 is 0 Å². The Hall–Kier alpha value is -3.68. The van der Waals surface area contributed by atoms with Crippen LogP contribution in [0.25, 0.3) is 21.8 Å². The normalized spacial score (nSPS) is 30.9. The van der Waals surface area contributed by atoms with Crippen LogP contribution in [0.4, 0.5) is 0 Å². The van der Waals surface area contributed by atoms with Crippen molar-refractivity contribution in [3.63, 3.8) is 0 Å². The number of nitrogens with zero attached hydrogens (tertiary/aromatic N) is 4. The Kier molecular flexibility index (Phi) is 7.61. The Balaban J connectivity index is 1.04. The highest BCUT2D eigenvalue weighted by molar-refractivity contribution is 5.83. The highest BCUT2D eigenvalue weighted by Gasteiger charge is 2.53. The number of para-hydroxylation sites is 2. The lowest BCUT2D eigenvalue weighted by Gasteiger charge is -2.57. The van der Waals surface area contributed by atoms with Gasteiger partial charge < -0.3 is 19.2 Å². The SMILES string of the molecule is O[C@@H](c1ccnc2ccccc12)[C@H]1CC2CC[N+]1(Cc1ccccc1C[N+]13CCC(CC1)C[C@@H]3[C@@H](O)c1ccnc3ccccc13)CC2. The van der Waals surface area contributed by atoms with E-state index in [1.54, 1.807) is 0 Å². The third-order valence-electron chi connectivity index (χ3n) is 13.3. The van der Waals surface area contributed by atoms with Crippen molar-refractivity contribution in [2.75, 3.05) is 26.2 Å². The first kappa shape index (κ1) is 30.4. The summed E-state index contributed by atoms with van der Waals surface area (Å²) in [6.45, 7) is 6.42. The third-order valence-corrected chi connectivity index (χ3v) is 13.3. The van der Waals surface area contributed by atoms with Crippen LogP contribution >= 0.6 is 0 Å². The molecule has 48 heavy (non-hydrogen) atoms. The van der Waals surface area contributed by atoms with Gasteiger partial charge in [0.25, 0.3) is 0 Å². The van der Waals surface area contributed by atoms with Gasteiger partial charge in [0.05, 0.1) is 37.2 Å². The van der Waals surface area contributed by atoms with Crippen LogP contribution in [0.1, 0.15) is 73.0 Å². The molecule has 11 rings (SSSR count). The van der Waals surface area contributed by atoms with Crippen LogP contribution in [0.5, 0.6) is 0 Å². The van der Waals surface area contributed by atoms with E-state index in [2.05, 4.69) is 70.6 Å². The summed E-state index contributed by atoms with van der Waals surface area (Å²) in [7, 11) is 0. The lowest BCUT2D eigenvalue weighted by atomic mass is 9.76. The van der Waals surface area contributed by atoms with Crippen molar-refractivity contribution in [2.45, 2.75) is 75.9 Å². The molecule has 4 atom stereocenters.